The third-order valence-corrected chi connectivity index (χ3v) is 3.93. The van der Waals surface area contributed by atoms with E-state index in [4.69, 9.17) is 10.00 Å². The van der Waals surface area contributed by atoms with Gasteiger partial charge in [0.2, 0.25) is 0 Å². The maximum atomic E-state index is 12.6. The van der Waals surface area contributed by atoms with Crippen molar-refractivity contribution in [3.8, 4) is 17.5 Å². The van der Waals surface area contributed by atoms with Gasteiger partial charge in [-0.15, -0.1) is 0 Å². The van der Waals surface area contributed by atoms with E-state index in [9.17, 15) is 4.79 Å². The van der Waals surface area contributed by atoms with Gasteiger partial charge in [-0.1, -0.05) is 12.1 Å². The minimum absolute atomic E-state index is 0.00325. The van der Waals surface area contributed by atoms with Crippen LogP contribution in [0.2, 0.25) is 0 Å². The number of ether oxygens (including phenoxy) is 1. The Balaban J connectivity index is 1.73. The molecule has 3 aromatic rings. The van der Waals surface area contributed by atoms with Gasteiger partial charge in [0.25, 0.3) is 5.91 Å². The lowest BCUT2D eigenvalue weighted by molar-refractivity contribution is 0.0955. The maximum Gasteiger partial charge on any atom is 0.273 e. The van der Waals surface area contributed by atoms with Crippen LogP contribution in [0.15, 0.2) is 78.2 Å². The van der Waals surface area contributed by atoms with Crippen LogP contribution in [-0.4, -0.2) is 22.8 Å². The normalized spacial score (nSPS) is 10.9. The molecule has 0 bridgehead atoms. The standard InChI is InChI=1S/C21H18N4O2/c1-16(17-8-10-18(11-9-17)27-15-12-22)23-24-21(26)19-6-2-3-7-20(19)25-13-4-5-14-25/h2-11,13-14H,15H2,1H3,(H,24,26)/b23-16-. The van der Waals surface area contributed by atoms with Gasteiger partial charge in [0.1, 0.15) is 11.8 Å². The number of nitrogens with one attached hydrogen (secondary N) is 1. The Bertz CT molecular complexity index is 984. The molecule has 6 nitrogen and oxygen atoms in total. The molecule has 6 heteroatoms. The molecule has 0 saturated heterocycles. The number of amides is 1. The first-order chi connectivity index (χ1) is 13.2. The van der Waals surface area contributed by atoms with E-state index in [0.29, 0.717) is 17.0 Å². The van der Waals surface area contributed by atoms with Crippen molar-refractivity contribution in [3.05, 3.63) is 84.2 Å². The van der Waals surface area contributed by atoms with E-state index in [0.717, 1.165) is 11.3 Å². The van der Waals surface area contributed by atoms with E-state index in [1.807, 2.05) is 72.4 Å². The van der Waals surface area contributed by atoms with Crippen LogP contribution in [-0.2, 0) is 0 Å². The number of aromatic nitrogens is 1. The molecule has 134 valence electrons. The number of rotatable bonds is 6. The number of carbonyl (C=O) groups is 1. The summed E-state index contributed by atoms with van der Waals surface area (Å²) in [5.41, 5.74) is 5.43. The van der Waals surface area contributed by atoms with Gasteiger partial charge in [-0.3, -0.25) is 4.79 Å². The number of benzene rings is 2. The van der Waals surface area contributed by atoms with E-state index < -0.39 is 0 Å². The van der Waals surface area contributed by atoms with Gasteiger partial charge in [0, 0.05) is 12.4 Å². The zero-order chi connectivity index (χ0) is 19.1. The minimum Gasteiger partial charge on any atom is -0.479 e. The Kier molecular flexibility index (Phi) is 5.65. The maximum absolute atomic E-state index is 12.6. The highest BCUT2D eigenvalue weighted by molar-refractivity contribution is 6.02. The summed E-state index contributed by atoms with van der Waals surface area (Å²) in [4.78, 5) is 12.6. The molecule has 0 spiro atoms. The van der Waals surface area contributed by atoms with Crippen LogP contribution in [0.1, 0.15) is 22.8 Å². The van der Waals surface area contributed by atoms with Gasteiger partial charge in [-0.2, -0.15) is 10.4 Å². The van der Waals surface area contributed by atoms with Crippen LogP contribution in [0.25, 0.3) is 5.69 Å². The molecule has 27 heavy (non-hydrogen) atoms. The topological polar surface area (TPSA) is 79.4 Å². The number of hydrogen-bond acceptors (Lipinski definition) is 4. The van der Waals surface area contributed by atoms with E-state index in [1.54, 1.807) is 18.2 Å². The van der Waals surface area contributed by atoms with E-state index in [1.165, 1.54) is 0 Å². The van der Waals surface area contributed by atoms with Crippen LogP contribution in [0.4, 0.5) is 0 Å². The molecule has 0 unspecified atom stereocenters. The number of para-hydroxylation sites is 1. The van der Waals surface area contributed by atoms with Gasteiger partial charge >= 0.3 is 0 Å². The van der Waals surface area contributed by atoms with Gasteiger partial charge in [0.15, 0.2) is 6.61 Å². The number of nitriles is 1. The lowest BCUT2D eigenvalue weighted by Gasteiger charge is -2.10. The number of hydrogen-bond donors (Lipinski definition) is 1. The fourth-order valence-electron chi connectivity index (χ4n) is 2.55. The molecule has 0 fully saturated rings. The molecule has 0 aliphatic carbocycles. The second-order valence-corrected chi connectivity index (χ2v) is 5.72. The molecular formula is C21H18N4O2. The lowest BCUT2D eigenvalue weighted by Crippen LogP contribution is -2.21. The molecule has 0 saturated carbocycles. The van der Waals surface area contributed by atoms with Gasteiger partial charge in [0.05, 0.1) is 17.0 Å². The molecule has 0 radical (unpaired) electrons. The van der Waals surface area contributed by atoms with E-state index in [2.05, 4.69) is 10.5 Å². The summed E-state index contributed by atoms with van der Waals surface area (Å²) in [6.07, 6.45) is 3.77. The SMILES string of the molecule is C/C(=N/NC(=O)c1ccccc1-n1cccc1)c1ccc(OCC#N)cc1. The van der Waals surface area contributed by atoms with E-state index in [-0.39, 0.29) is 12.5 Å². The Hall–Kier alpha value is -3.85. The van der Waals surface area contributed by atoms with Crippen molar-refractivity contribution in [2.75, 3.05) is 6.61 Å². The van der Waals surface area contributed by atoms with Crippen molar-refractivity contribution >= 4 is 11.6 Å². The quantitative estimate of drug-likeness (QED) is 0.541. The first-order valence-electron chi connectivity index (χ1n) is 8.36. The van der Waals surface area contributed by atoms with Gasteiger partial charge in [-0.05, 0) is 61.0 Å². The number of nitrogens with zero attached hydrogens (tertiary/aromatic N) is 3. The Labute approximate surface area is 157 Å². The molecule has 0 aliphatic heterocycles. The van der Waals surface area contributed by atoms with Crippen molar-refractivity contribution in [3.63, 3.8) is 0 Å². The smallest absolute Gasteiger partial charge is 0.273 e. The molecule has 2 aromatic carbocycles. The van der Waals surface area contributed by atoms with Crippen LogP contribution < -0.4 is 10.2 Å². The molecular weight excluding hydrogens is 340 g/mol. The first kappa shape index (κ1) is 18.0. The van der Waals surface area contributed by atoms with Gasteiger partial charge in [-0.25, -0.2) is 5.43 Å². The van der Waals surface area contributed by atoms with Crippen LogP contribution in [0.3, 0.4) is 0 Å². The summed E-state index contributed by atoms with van der Waals surface area (Å²) in [6.45, 7) is 1.81. The molecule has 1 N–H and O–H groups in total. The summed E-state index contributed by atoms with van der Waals surface area (Å²) in [7, 11) is 0. The van der Waals surface area contributed by atoms with Crippen molar-refractivity contribution in [1.29, 1.82) is 5.26 Å². The fraction of sp³-hybridized carbons (Fsp3) is 0.0952. The van der Waals surface area contributed by atoms with Crippen molar-refractivity contribution in [1.82, 2.24) is 9.99 Å². The van der Waals surface area contributed by atoms with Crippen molar-refractivity contribution in [2.45, 2.75) is 6.92 Å². The Morgan fingerprint density at radius 2 is 1.81 bits per heavy atom. The molecule has 0 aliphatic rings. The molecule has 3 rings (SSSR count). The Morgan fingerprint density at radius 1 is 1.11 bits per heavy atom. The molecule has 1 amide bonds. The van der Waals surface area contributed by atoms with Crippen molar-refractivity contribution < 1.29 is 9.53 Å². The summed E-state index contributed by atoms with van der Waals surface area (Å²) in [5.74, 6) is 0.324. The molecule has 1 heterocycles. The number of hydrazone groups is 1. The fourth-order valence-corrected chi connectivity index (χ4v) is 2.55. The number of carbonyl (C=O) groups excluding carboxylic acids is 1. The van der Waals surface area contributed by atoms with Gasteiger partial charge < -0.3 is 9.30 Å². The third-order valence-electron chi connectivity index (χ3n) is 3.93. The summed E-state index contributed by atoms with van der Waals surface area (Å²) in [6, 6.07) is 20.2. The second kappa shape index (κ2) is 8.50. The first-order valence-corrected chi connectivity index (χ1v) is 8.36. The minimum atomic E-state index is -0.285. The lowest BCUT2D eigenvalue weighted by atomic mass is 10.1. The monoisotopic (exact) mass is 358 g/mol. The highest BCUT2D eigenvalue weighted by atomic mass is 16.5. The highest BCUT2D eigenvalue weighted by Gasteiger charge is 2.11. The van der Waals surface area contributed by atoms with Crippen LogP contribution >= 0.6 is 0 Å². The highest BCUT2D eigenvalue weighted by Crippen LogP contribution is 2.15. The van der Waals surface area contributed by atoms with Crippen molar-refractivity contribution in [2.24, 2.45) is 5.10 Å². The van der Waals surface area contributed by atoms with Crippen LogP contribution in [0.5, 0.6) is 5.75 Å². The summed E-state index contributed by atoms with van der Waals surface area (Å²) >= 11 is 0. The van der Waals surface area contributed by atoms with E-state index >= 15 is 0 Å². The molecule has 0 atom stereocenters. The van der Waals surface area contributed by atoms with Crippen LogP contribution in [0, 0.1) is 11.3 Å². The second-order valence-electron chi connectivity index (χ2n) is 5.72. The molecule has 1 aromatic heterocycles. The Morgan fingerprint density at radius 3 is 2.52 bits per heavy atom. The predicted octanol–water partition coefficient (Wildman–Crippen LogP) is 3.53. The average molecular weight is 358 g/mol. The third kappa shape index (κ3) is 4.41. The largest absolute Gasteiger partial charge is 0.479 e. The summed E-state index contributed by atoms with van der Waals surface area (Å²) in [5, 5.41) is 12.7. The average Bonchev–Trinajstić information content (AvgIpc) is 3.25. The zero-order valence-corrected chi connectivity index (χ0v) is 14.8. The zero-order valence-electron chi connectivity index (χ0n) is 14.8. The predicted molar refractivity (Wildman–Crippen MR) is 103 cm³/mol. The summed E-state index contributed by atoms with van der Waals surface area (Å²) < 4.78 is 7.10.